The molecule has 0 unspecified atom stereocenters. The van der Waals surface area contributed by atoms with Crippen LogP contribution >= 0.6 is 11.3 Å². The van der Waals surface area contributed by atoms with Crippen molar-refractivity contribution in [2.75, 3.05) is 0 Å². The smallest absolute Gasteiger partial charge is 0.267 e. The summed E-state index contributed by atoms with van der Waals surface area (Å²) in [5.41, 5.74) is 6.79. The molecule has 1 heterocycles. The van der Waals surface area contributed by atoms with Gasteiger partial charge in [-0.2, -0.15) is 0 Å². The molecule has 2 amide bonds. The van der Waals surface area contributed by atoms with Gasteiger partial charge >= 0.3 is 0 Å². The lowest BCUT2D eigenvalue weighted by atomic mass is 9.87. The van der Waals surface area contributed by atoms with E-state index in [0.29, 0.717) is 10.4 Å². The topological polar surface area (TPSA) is 58.2 Å². The molecule has 0 fully saturated rings. The van der Waals surface area contributed by atoms with Crippen molar-refractivity contribution in [3.63, 3.8) is 0 Å². The largest absolute Gasteiger partial charge is 0.279 e. The molecule has 0 bridgehead atoms. The molecule has 3 rings (SSSR count). The van der Waals surface area contributed by atoms with E-state index in [-0.39, 0.29) is 11.8 Å². The van der Waals surface area contributed by atoms with Crippen LogP contribution in [0.15, 0.2) is 36.4 Å². The zero-order valence-electron chi connectivity index (χ0n) is 13.1. The normalized spacial score (nSPS) is 16.5. The third kappa shape index (κ3) is 3.62. The number of hydrazine groups is 1. The number of hydrogen-bond donors (Lipinski definition) is 2. The number of nitrogens with one attached hydrogen (secondary N) is 2. The molecule has 1 aliphatic carbocycles. The molecular weight excluding hydrogens is 308 g/mol. The van der Waals surface area contributed by atoms with E-state index < -0.39 is 0 Å². The van der Waals surface area contributed by atoms with E-state index >= 15 is 0 Å². The minimum atomic E-state index is -0.314. The lowest BCUT2D eigenvalue weighted by Gasteiger charge is -2.19. The maximum atomic E-state index is 12.2. The predicted molar refractivity (Wildman–Crippen MR) is 91.5 cm³/mol. The minimum Gasteiger partial charge on any atom is -0.267 e. The molecule has 120 valence electrons. The highest BCUT2D eigenvalue weighted by Gasteiger charge is 2.22. The Morgan fingerprint density at radius 3 is 2.65 bits per heavy atom. The molecule has 1 atom stereocenters. The predicted octanol–water partition coefficient (Wildman–Crippen LogP) is 3.34. The number of thiophene rings is 1. The molecular formula is C18H20N2O2S. The van der Waals surface area contributed by atoms with Crippen molar-refractivity contribution >= 4 is 23.2 Å². The summed E-state index contributed by atoms with van der Waals surface area (Å²) in [6.07, 6.45) is 4.51. The van der Waals surface area contributed by atoms with E-state index in [4.69, 9.17) is 0 Å². The van der Waals surface area contributed by atoms with E-state index in [0.717, 1.165) is 18.8 Å². The van der Waals surface area contributed by atoms with Gasteiger partial charge in [0.05, 0.1) is 4.88 Å². The average Bonchev–Trinajstić information content (AvgIpc) is 3.03. The summed E-state index contributed by atoms with van der Waals surface area (Å²) in [6.45, 7) is 2.22. The summed E-state index contributed by atoms with van der Waals surface area (Å²) >= 11 is 1.54. The molecule has 4 nitrogen and oxygen atoms in total. The molecule has 0 saturated carbocycles. The first kappa shape index (κ1) is 15.7. The van der Waals surface area contributed by atoms with Gasteiger partial charge in [0.25, 0.3) is 11.8 Å². The van der Waals surface area contributed by atoms with Gasteiger partial charge in [0, 0.05) is 10.4 Å². The second-order valence-electron chi connectivity index (χ2n) is 5.85. The van der Waals surface area contributed by atoms with E-state index in [1.54, 1.807) is 35.6 Å². The van der Waals surface area contributed by atoms with Gasteiger partial charge in [0.2, 0.25) is 0 Å². The fourth-order valence-corrected chi connectivity index (χ4v) is 4.00. The average molecular weight is 328 g/mol. The summed E-state index contributed by atoms with van der Waals surface area (Å²) in [5.74, 6) is 0.166. The van der Waals surface area contributed by atoms with Crippen LogP contribution < -0.4 is 10.9 Å². The van der Waals surface area contributed by atoms with Crippen molar-refractivity contribution < 1.29 is 9.59 Å². The lowest BCUT2D eigenvalue weighted by Crippen LogP contribution is -2.41. The summed E-state index contributed by atoms with van der Waals surface area (Å²) in [5, 5.41) is 0. The van der Waals surface area contributed by atoms with Crippen LogP contribution in [0.3, 0.4) is 0 Å². The zero-order valence-corrected chi connectivity index (χ0v) is 13.9. The van der Waals surface area contributed by atoms with E-state index in [1.807, 2.05) is 12.1 Å². The van der Waals surface area contributed by atoms with Gasteiger partial charge in [-0.3, -0.25) is 20.4 Å². The first-order valence-electron chi connectivity index (χ1n) is 7.94. The Labute approximate surface area is 139 Å². The van der Waals surface area contributed by atoms with Crippen molar-refractivity contribution in [3.8, 4) is 0 Å². The number of benzene rings is 1. The number of rotatable bonds is 3. The molecule has 0 aliphatic heterocycles. The first-order chi connectivity index (χ1) is 11.2. The molecule has 0 spiro atoms. The number of hydrogen-bond acceptors (Lipinski definition) is 3. The second-order valence-corrected chi connectivity index (χ2v) is 6.99. The highest BCUT2D eigenvalue weighted by molar-refractivity contribution is 7.14. The Morgan fingerprint density at radius 1 is 1.17 bits per heavy atom. The van der Waals surface area contributed by atoms with Crippen LogP contribution in [0, 0.1) is 5.92 Å². The van der Waals surface area contributed by atoms with Crippen LogP contribution in [-0.4, -0.2) is 11.8 Å². The van der Waals surface area contributed by atoms with Crippen LogP contribution in [0.1, 0.15) is 50.2 Å². The molecule has 0 saturated heterocycles. The SMILES string of the molecule is CC[C@H]1CCc2sc(C(=O)NNC(=O)c3ccccc3)cc2C1. The van der Waals surface area contributed by atoms with E-state index in [1.165, 1.54) is 23.3 Å². The lowest BCUT2D eigenvalue weighted by molar-refractivity contribution is 0.0849. The summed E-state index contributed by atoms with van der Waals surface area (Å²) in [6, 6.07) is 10.8. The summed E-state index contributed by atoms with van der Waals surface area (Å²) in [4.78, 5) is 26.1. The van der Waals surface area contributed by atoms with E-state index in [9.17, 15) is 9.59 Å². The van der Waals surface area contributed by atoms with Crippen molar-refractivity contribution in [2.24, 2.45) is 5.92 Å². The third-order valence-electron chi connectivity index (χ3n) is 4.31. The van der Waals surface area contributed by atoms with Gasteiger partial charge in [-0.05, 0) is 48.9 Å². The maximum absolute atomic E-state index is 12.2. The number of fused-ring (bicyclic) bond motifs is 1. The highest BCUT2D eigenvalue weighted by Crippen LogP contribution is 2.33. The molecule has 2 N–H and O–H groups in total. The first-order valence-corrected chi connectivity index (χ1v) is 8.76. The van der Waals surface area contributed by atoms with Crippen molar-refractivity contribution in [3.05, 3.63) is 57.3 Å². The molecule has 1 aromatic carbocycles. The van der Waals surface area contributed by atoms with Crippen LogP contribution in [0.4, 0.5) is 0 Å². The van der Waals surface area contributed by atoms with Crippen LogP contribution in [-0.2, 0) is 12.8 Å². The quantitative estimate of drug-likeness (QED) is 0.849. The van der Waals surface area contributed by atoms with Crippen LogP contribution in [0.25, 0.3) is 0 Å². The number of carbonyl (C=O) groups is 2. The Hall–Kier alpha value is -2.14. The fraction of sp³-hybridized carbons (Fsp3) is 0.333. The molecule has 5 heteroatoms. The van der Waals surface area contributed by atoms with Crippen LogP contribution in [0.5, 0.6) is 0 Å². The van der Waals surface area contributed by atoms with Gasteiger partial charge in [0.1, 0.15) is 0 Å². The second kappa shape index (κ2) is 6.96. The Bertz CT molecular complexity index is 709. The Kier molecular flexibility index (Phi) is 4.76. The summed E-state index contributed by atoms with van der Waals surface area (Å²) < 4.78 is 0. The fourth-order valence-electron chi connectivity index (χ4n) is 2.90. The monoisotopic (exact) mass is 328 g/mol. The van der Waals surface area contributed by atoms with Crippen molar-refractivity contribution in [2.45, 2.75) is 32.6 Å². The third-order valence-corrected chi connectivity index (χ3v) is 5.55. The highest BCUT2D eigenvalue weighted by atomic mass is 32.1. The zero-order chi connectivity index (χ0) is 16.2. The minimum absolute atomic E-state index is 0.248. The molecule has 1 aromatic heterocycles. The Balaban J connectivity index is 1.61. The number of carbonyl (C=O) groups excluding carboxylic acids is 2. The van der Waals surface area contributed by atoms with Gasteiger partial charge in [-0.15, -0.1) is 11.3 Å². The number of aryl methyl sites for hydroxylation is 1. The van der Waals surface area contributed by atoms with Gasteiger partial charge in [-0.1, -0.05) is 31.5 Å². The van der Waals surface area contributed by atoms with Crippen molar-refractivity contribution in [1.29, 1.82) is 0 Å². The number of amides is 2. The van der Waals surface area contributed by atoms with Gasteiger partial charge in [-0.25, -0.2) is 0 Å². The standard InChI is InChI=1S/C18H20N2O2S/c1-2-12-8-9-15-14(10-12)11-16(23-15)18(22)20-19-17(21)13-6-4-3-5-7-13/h3-7,11-12H,2,8-10H2,1H3,(H,19,21)(H,20,22)/t12-/m0/s1. The Morgan fingerprint density at radius 2 is 1.91 bits per heavy atom. The molecule has 2 aromatic rings. The molecule has 0 radical (unpaired) electrons. The summed E-state index contributed by atoms with van der Waals surface area (Å²) in [7, 11) is 0. The molecule has 23 heavy (non-hydrogen) atoms. The van der Waals surface area contributed by atoms with Crippen LogP contribution in [0.2, 0.25) is 0 Å². The van der Waals surface area contributed by atoms with E-state index in [2.05, 4.69) is 17.8 Å². The molecule has 1 aliphatic rings. The van der Waals surface area contributed by atoms with Gasteiger partial charge in [0.15, 0.2) is 0 Å². The maximum Gasteiger partial charge on any atom is 0.279 e. The van der Waals surface area contributed by atoms with Gasteiger partial charge < -0.3 is 0 Å². The van der Waals surface area contributed by atoms with Crippen molar-refractivity contribution in [1.82, 2.24) is 10.9 Å².